The van der Waals surface area contributed by atoms with E-state index in [0.29, 0.717) is 0 Å². The maximum absolute atomic E-state index is 12.3. The SMILES string of the molecule is CC(NC(=O)C(C)(C)C)C(=O)N1CC(O)CC1C([NH3+])=O. The summed E-state index contributed by atoms with van der Waals surface area (Å²) >= 11 is 0. The van der Waals surface area contributed by atoms with Crippen molar-refractivity contribution in [3.8, 4) is 0 Å². The molecule has 3 atom stereocenters. The zero-order chi connectivity index (χ0) is 15.7. The van der Waals surface area contributed by atoms with E-state index in [-0.39, 0.29) is 24.8 Å². The van der Waals surface area contributed by atoms with E-state index < -0.39 is 29.5 Å². The Morgan fingerprint density at radius 3 is 2.35 bits per heavy atom. The van der Waals surface area contributed by atoms with Crippen molar-refractivity contribution in [2.75, 3.05) is 6.54 Å². The molecule has 1 heterocycles. The molecule has 3 unspecified atom stereocenters. The van der Waals surface area contributed by atoms with Gasteiger partial charge < -0.3 is 15.3 Å². The molecule has 1 aliphatic rings. The summed E-state index contributed by atoms with van der Waals surface area (Å²) in [6.07, 6.45) is -0.520. The van der Waals surface area contributed by atoms with Gasteiger partial charge in [0.1, 0.15) is 12.1 Å². The van der Waals surface area contributed by atoms with Crippen molar-refractivity contribution >= 4 is 17.7 Å². The van der Waals surface area contributed by atoms with Gasteiger partial charge in [0.2, 0.25) is 11.8 Å². The number of aliphatic hydroxyl groups excluding tert-OH is 1. The molecular weight excluding hydrogens is 262 g/mol. The first kappa shape index (κ1) is 16.6. The summed E-state index contributed by atoms with van der Waals surface area (Å²) in [5, 5.41) is 12.2. The monoisotopic (exact) mass is 286 g/mol. The van der Waals surface area contributed by atoms with Gasteiger partial charge in [-0.1, -0.05) is 20.8 Å². The molecule has 0 saturated carbocycles. The number of quaternary nitrogens is 1. The Morgan fingerprint density at radius 2 is 1.90 bits per heavy atom. The van der Waals surface area contributed by atoms with Gasteiger partial charge in [-0.3, -0.25) is 15.3 Å². The lowest BCUT2D eigenvalue weighted by molar-refractivity contribution is -0.310. The summed E-state index contributed by atoms with van der Waals surface area (Å²) in [5.41, 5.74) is 2.72. The van der Waals surface area contributed by atoms with Crippen LogP contribution in [0.2, 0.25) is 0 Å². The summed E-state index contributed by atoms with van der Waals surface area (Å²) in [6, 6.07) is -1.44. The van der Waals surface area contributed by atoms with Crippen molar-refractivity contribution in [1.82, 2.24) is 10.2 Å². The molecule has 114 valence electrons. The first-order chi connectivity index (χ1) is 9.04. The highest BCUT2D eigenvalue weighted by atomic mass is 16.3. The van der Waals surface area contributed by atoms with Crippen LogP contribution in [0.15, 0.2) is 0 Å². The fourth-order valence-electron chi connectivity index (χ4n) is 2.09. The Hall–Kier alpha value is -1.47. The van der Waals surface area contributed by atoms with E-state index in [1.54, 1.807) is 27.7 Å². The van der Waals surface area contributed by atoms with Crippen LogP contribution in [0, 0.1) is 5.41 Å². The largest absolute Gasteiger partial charge is 0.391 e. The fourth-order valence-corrected chi connectivity index (χ4v) is 2.09. The smallest absolute Gasteiger partial charge is 0.331 e. The maximum Gasteiger partial charge on any atom is 0.331 e. The van der Waals surface area contributed by atoms with Gasteiger partial charge >= 0.3 is 5.91 Å². The van der Waals surface area contributed by atoms with Crippen LogP contribution in [0.4, 0.5) is 0 Å². The molecule has 0 bridgehead atoms. The van der Waals surface area contributed by atoms with E-state index in [9.17, 15) is 19.5 Å². The van der Waals surface area contributed by atoms with Gasteiger partial charge in [-0.25, -0.2) is 4.79 Å². The number of carbonyl (C=O) groups is 3. The molecule has 1 saturated heterocycles. The minimum absolute atomic E-state index is 0.0977. The topological polar surface area (TPSA) is 114 Å². The number of carbonyl (C=O) groups excluding carboxylic acids is 3. The van der Waals surface area contributed by atoms with Crippen molar-refractivity contribution in [3.63, 3.8) is 0 Å². The lowest BCUT2D eigenvalue weighted by atomic mass is 9.95. The summed E-state index contributed by atoms with van der Waals surface area (Å²) < 4.78 is 0. The third-order valence-electron chi connectivity index (χ3n) is 3.33. The standard InChI is InChI=1S/C13H23N3O4/c1-7(15-12(20)13(2,3)4)11(19)16-6-8(17)5-9(16)10(14)18/h7-9,17H,5-6H2,1-4H3,(H2,14,18)(H,15,20)/p+1. The average Bonchev–Trinajstić information content (AvgIpc) is 2.69. The molecule has 0 aromatic heterocycles. The minimum atomic E-state index is -0.742. The molecule has 1 fully saturated rings. The third-order valence-corrected chi connectivity index (χ3v) is 3.33. The number of hydrogen-bond donors (Lipinski definition) is 3. The second kappa shape index (κ2) is 5.88. The number of β-amino-alcohol motifs (C(OH)–C–C–N with tert-alkyl or cyclic N) is 1. The molecule has 0 aromatic rings. The van der Waals surface area contributed by atoms with E-state index in [0.717, 1.165) is 0 Å². The normalized spacial score (nSPS) is 24.4. The van der Waals surface area contributed by atoms with E-state index in [1.165, 1.54) is 4.90 Å². The highest BCUT2D eigenvalue weighted by Gasteiger charge is 2.41. The number of hydrogen-bond acceptors (Lipinski definition) is 4. The van der Waals surface area contributed by atoms with Crippen LogP contribution in [0.3, 0.4) is 0 Å². The Balaban J connectivity index is 2.74. The molecule has 7 nitrogen and oxygen atoms in total. The van der Waals surface area contributed by atoms with E-state index >= 15 is 0 Å². The highest BCUT2D eigenvalue weighted by molar-refractivity contribution is 5.91. The second-order valence-corrected chi connectivity index (χ2v) is 6.31. The highest BCUT2D eigenvalue weighted by Crippen LogP contribution is 2.19. The number of likely N-dealkylation sites (tertiary alicyclic amines) is 1. The number of amides is 3. The van der Waals surface area contributed by atoms with Crippen molar-refractivity contribution in [2.45, 2.75) is 52.3 Å². The summed E-state index contributed by atoms with van der Waals surface area (Å²) in [4.78, 5) is 36.9. The lowest BCUT2D eigenvalue weighted by Gasteiger charge is -2.26. The first-order valence-electron chi connectivity index (χ1n) is 6.69. The zero-order valence-corrected chi connectivity index (χ0v) is 12.5. The van der Waals surface area contributed by atoms with Gasteiger partial charge in [-0.05, 0) is 6.92 Å². The van der Waals surface area contributed by atoms with Crippen LogP contribution in [0.25, 0.3) is 0 Å². The van der Waals surface area contributed by atoms with Gasteiger partial charge in [0.05, 0.1) is 6.10 Å². The molecule has 0 radical (unpaired) electrons. The number of nitrogens with zero attached hydrogens (tertiary/aromatic N) is 1. The molecular formula is C13H24N3O4+. The Bertz CT molecular complexity index is 416. The van der Waals surface area contributed by atoms with Crippen LogP contribution >= 0.6 is 0 Å². The number of nitrogens with one attached hydrogen (secondary N) is 1. The summed E-state index contributed by atoms with van der Waals surface area (Å²) in [7, 11) is 0. The van der Waals surface area contributed by atoms with Crippen molar-refractivity contribution in [2.24, 2.45) is 5.41 Å². The van der Waals surface area contributed by atoms with E-state index in [4.69, 9.17) is 0 Å². The first-order valence-corrected chi connectivity index (χ1v) is 6.69. The quantitative estimate of drug-likeness (QED) is 0.572. The molecule has 20 heavy (non-hydrogen) atoms. The molecule has 0 aliphatic carbocycles. The molecule has 5 N–H and O–H groups in total. The lowest BCUT2D eigenvalue weighted by Crippen LogP contribution is -2.66. The molecule has 0 aromatic carbocycles. The third kappa shape index (κ3) is 3.77. The van der Waals surface area contributed by atoms with Gasteiger partial charge in [0.15, 0.2) is 0 Å². The molecule has 1 rings (SSSR count). The Morgan fingerprint density at radius 1 is 1.35 bits per heavy atom. The zero-order valence-electron chi connectivity index (χ0n) is 12.5. The van der Waals surface area contributed by atoms with Gasteiger partial charge in [-0.15, -0.1) is 0 Å². The predicted octanol–water partition coefficient (Wildman–Crippen LogP) is -1.73. The molecule has 3 amide bonds. The molecule has 0 spiro atoms. The molecule has 7 heteroatoms. The number of rotatable bonds is 3. The second-order valence-electron chi connectivity index (χ2n) is 6.31. The van der Waals surface area contributed by atoms with Crippen LogP contribution in [0.1, 0.15) is 34.1 Å². The van der Waals surface area contributed by atoms with Gasteiger partial charge in [-0.2, -0.15) is 0 Å². The van der Waals surface area contributed by atoms with Gasteiger partial charge in [0.25, 0.3) is 0 Å². The van der Waals surface area contributed by atoms with E-state index in [2.05, 4.69) is 11.1 Å². The van der Waals surface area contributed by atoms with Crippen LogP contribution in [-0.2, 0) is 14.4 Å². The Kier molecular flexibility index (Phi) is 4.88. The van der Waals surface area contributed by atoms with Crippen LogP contribution in [0.5, 0.6) is 0 Å². The molecule has 1 aliphatic heterocycles. The predicted molar refractivity (Wildman–Crippen MR) is 71.1 cm³/mol. The van der Waals surface area contributed by atoms with Crippen LogP contribution in [-0.4, -0.2) is 52.5 Å². The number of aliphatic hydroxyl groups is 1. The Labute approximate surface area is 118 Å². The maximum atomic E-state index is 12.3. The van der Waals surface area contributed by atoms with Crippen molar-refractivity contribution < 1.29 is 25.2 Å². The van der Waals surface area contributed by atoms with E-state index in [1.807, 2.05) is 0 Å². The van der Waals surface area contributed by atoms with Crippen molar-refractivity contribution in [1.29, 1.82) is 0 Å². The average molecular weight is 286 g/mol. The summed E-state index contributed by atoms with van der Waals surface area (Å²) in [5.74, 6) is -1.01. The fraction of sp³-hybridized carbons (Fsp3) is 0.769. The van der Waals surface area contributed by atoms with Crippen molar-refractivity contribution in [3.05, 3.63) is 0 Å². The minimum Gasteiger partial charge on any atom is -0.391 e. The van der Waals surface area contributed by atoms with Crippen LogP contribution < -0.4 is 11.1 Å². The van der Waals surface area contributed by atoms with Gasteiger partial charge in [0, 0.05) is 18.4 Å². The summed E-state index contributed by atoms with van der Waals surface area (Å²) in [6.45, 7) is 6.92.